The zero-order chi connectivity index (χ0) is 7.56. The largest absolute Gasteiger partial charge is 0.480 e. The fourth-order valence-electron chi connectivity index (χ4n) is 1.49. The van der Waals surface area contributed by atoms with Crippen LogP contribution in [0.15, 0.2) is 0 Å². The highest BCUT2D eigenvalue weighted by Gasteiger charge is 2.30. The average molecular weight is 143 g/mol. The summed E-state index contributed by atoms with van der Waals surface area (Å²) in [6.07, 6.45) is 1.97. The van der Waals surface area contributed by atoms with E-state index < -0.39 is 5.97 Å². The van der Waals surface area contributed by atoms with E-state index in [-0.39, 0.29) is 6.04 Å². The van der Waals surface area contributed by atoms with Crippen LogP contribution in [0.2, 0.25) is 0 Å². The molecule has 1 unspecified atom stereocenters. The Kier molecular flexibility index (Phi) is 2.27. The molecule has 0 amide bonds. The van der Waals surface area contributed by atoms with Crippen molar-refractivity contribution in [2.24, 2.45) is 5.92 Å². The van der Waals surface area contributed by atoms with Crippen LogP contribution < -0.4 is 5.32 Å². The van der Waals surface area contributed by atoms with Gasteiger partial charge in [-0.15, -0.1) is 0 Å². The first-order valence-electron chi connectivity index (χ1n) is 3.72. The van der Waals surface area contributed by atoms with E-state index in [2.05, 4.69) is 5.32 Å². The van der Waals surface area contributed by atoms with E-state index in [1.165, 1.54) is 0 Å². The van der Waals surface area contributed by atoms with Gasteiger partial charge in [-0.25, -0.2) is 0 Å². The highest BCUT2D eigenvalue weighted by Crippen LogP contribution is 2.18. The first kappa shape index (κ1) is 7.54. The van der Waals surface area contributed by atoms with Crippen LogP contribution in [0.3, 0.4) is 0 Å². The molecule has 0 aliphatic carbocycles. The van der Waals surface area contributed by atoms with Gasteiger partial charge in [0, 0.05) is 0 Å². The summed E-state index contributed by atoms with van der Waals surface area (Å²) < 4.78 is 0. The van der Waals surface area contributed by atoms with Crippen molar-refractivity contribution in [2.75, 3.05) is 6.54 Å². The molecule has 2 N–H and O–H groups in total. The van der Waals surface area contributed by atoms with Crippen molar-refractivity contribution in [3.8, 4) is 0 Å². The minimum atomic E-state index is -0.704. The summed E-state index contributed by atoms with van der Waals surface area (Å²) in [5.41, 5.74) is 0. The summed E-state index contributed by atoms with van der Waals surface area (Å²) in [6.45, 7) is 2.89. The number of hydrogen-bond donors (Lipinski definition) is 2. The SMILES string of the molecule is CC[C@@H]1CCNC1C(=O)O. The standard InChI is InChI=1S/C7H13NO2/c1-2-5-3-4-8-6(5)7(9)10/h5-6,8H,2-4H2,1H3,(H,9,10)/t5-,6?/m1/s1. The van der Waals surface area contributed by atoms with Gasteiger partial charge in [0.1, 0.15) is 6.04 Å². The molecule has 3 heteroatoms. The molecule has 0 aromatic carbocycles. The maximum absolute atomic E-state index is 10.5. The third-order valence-electron chi connectivity index (χ3n) is 2.14. The monoisotopic (exact) mass is 143 g/mol. The van der Waals surface area contributed by atoms with Gasteiger partial charge >= 0.3 is 5.97 Å². The lowest BCUT2D eigenvalue weighted by Crippen LogP contribution is -2.35. The minimum Gasteiger partial charge on any atom is -0.480 e. The smallest absolute Gasteiger partial charge is 0.320 e. The molecule has 1 aliphatic heterocycles. The molecule has 0 spiro atoms. The quantitative estimate of drug-likeness (QED) is 0.590. The predicted molar refractivity (Wildman–Crippen MR) is 37.8 cm³/mol. The summed E-state index contributed by atoms with van der Waals surface area (Å²) in [6, 6.07) is -0.287. The second-order valence-corrected chi connectivity index (χ2v) is 2.73. The number of carboxylic acids is 1. The van der Waals surface area contributed by atoms with Crippen LogP contribution in [0.1, 0.15) is 19.8 Å². The molecule has 3 nitrogen and oxygen atoms in total. The summed E-state index contributed by atoms with van der Waals surface area (Å²) in [5.74, 6) is -0.359. The summed E-state index contributed by atoms with van der Waals surface area (Å²) >= 11 is 0. The first-order valence-corrected chi connectivity index (χ1v) is 3.72. The highest BCUT2D eigenvalue weighted by molar-refractivity contribution is 5.74. The van der Waals surface area contributed by atoms with Gasteiger partial charge in [-0.2, -0.15) is 0 Å². The number of nitrogens with one attached hydrogen (secondary N) is 1. The zero-order valence-electron chi connectivity index (χ0n) is 6.13. The molecule has 0 aromatic rings. The molecule has 1 saturated heterocycles. The zero-order valence-corrected chi connectivity index (χ0v) is 6.13. The Morgan fingerprint density at radius 3 is 2.90 bits per heavy atom. The van der Waals surface area contributed by atoms with Crippen molar-refractivity contribution in [3.05, 3.63) is 0 Å². The van der Waals surface area contributed by atoms with Gasteiger partial charge in [0.25, 0.3) is 0 Å². The molecule has 1 fully saturated rings. The first-order chi connectivity index (χ1) is 4.75. The number of hydrogen-bond acceptors (Lipinski definition) is 2. The van der Waals surface area contributed by atoms with Crippen LogP contribution in [-0.4, -0.2) is 23.7 Å². The molecule has 10 heavy (non-hydrogen) atoms. The van der Waals surface area contributed by atoms with Crippen molar-refractivity contribution < 1.29 is 9.90 Å². The summed E-state index contributed by atoms with van der Waals surface area (Å²) in [5, 5.41) is 11.6. The number of carbonyl (C=O) groups is 1. The van der Waals surface area contributed by atoms with Gasteiger partial charge < -0.3 is 10.4 Å². The highest BCUT2D eigenvalue weighted by atomic mass is 16.4. The molecule has 0 radical (unpaired) electrons. The van der Waals surface area contributed by atoms with Gasteiger partial charge in [0.2, 0.25) is 0 Å². The number of rotatable bonds is 2. The fraction of sp³-hybridized carbons (Fsp3) is 0.857. The third kappa shape index (κ3) is 1.29. The van der Waals surface area contributed by atoms with Crippen molar-refractivity contribution in [1.29, 1.82) is 0 Å². The minimum absolute atomic E-state index is 0.287. The predicted octanol–water partition coefficient (Wildman–Crippen LogP) is 0.459. The molecule has 1 heterocycles. The Bertz CT molecular complexity index is 136. The van der Waals surface area contributed by atoms with Crippen molar-refractivity contribution in [1.82, 2.24) is 5.32 Å². The molecule has 1 aliphatic rings. The van der Waals surface area contributed by atoms with E-state index in [4.69, 9.17) is 5.11 Å². The van der Waals surface area contributed by atoms with Gasteiger partial charge in [0.15, 0.2) is 0 Å². The maximum Gasteiger partial charge on any atom is 0.320 e. The average Bonchev–Trinajstić information content (AvgIpc) is 2.33. The van der Waals surface area contributed by atoms with Crippen molar-refractivity contribution in [2.45, 2.75) is 25.8 Å². The maximum atomic E-state index is 10.5. The van der Waals surface area contributed by atoms with Crippen LogP contribution in [0.5, 0.6) is 0 Å². The van der Waals surface area contributed by atoms with Gasteiger partial charge in [-0.1, -0.05) is 13.3 Å². The molecule has 2 atom stereocenters. The van der Waals surface area contributed by atoms with E-state index >= 15 is 0 Å². The Morgan fingerprint density at radius 2 is 2.50 bits per heavy atom. The van der Waals surface area contributed by atoms with Crippen LogP contribution in [-0.2, 0) is 4.79 Å². The Balaban J connectivity index is 2.50. The van der Waals surface area contributed by atoms with Gasteiger partial charge in [-0.3, -0.25) is 4.79 Å². The lowest BCUT2D eigenvalue weighted by molar-refractivity contribution is -0.140. The molecule has 0 bridgehead atoms. The van der Waals surface area contributed by atoms with E-state index in [1.54, 1.807) is 0 Å². The molecular formula is C7H13NO2. The molecule has 58 valence electrons. The summed E-state index contributed by atoms with van der Waals surface area (Å²) in [7, 11) is 0. The molecule has 0 aromatic heterocycles. The lowest BCUT2D eigenvalue weighted by Gasteiger charge is -2.11. The van der Waals surface area contributed by atoms with E-state index in [0.717, 1.165) is 19.4 Å². The van der Waals surface area contributed by atoms with Crippen LogP contribution in [0.25, 0.3) is 0 Å². The second-order valence-electron chi connectivity index (χ2n) is 2.73. The third-order valence-corrected chi connectivity index (χ3v) is 2.14. The Hall–Kier alpha value is -0.570. The van der Waals surface area contributed by atoms with E-state index in [1.807, 2.05) is 6.92 Å². The molecule has 0 saturated carbocycles. The van der Waals surface area contributed by atoms with Gasteiger partial charge in [-0.05, 0) is 18.9 Å². The summed E-state index contributed by atoms with van der Waals surface area (Å²) in [4.78, 5) is 10.5. The van der Waals surface area contributed by atoms with Crippen molar-refractivity contribution >= 4 is 5.97 Å². The van der Waals surface area contributed by atoms with Crippen LogP contribution >= 0.6 is 0 Å². The number of aliphatic carboxylic acids is 1. The van der Waals surface area contributed by atoms with Crippen molar-refractivity contribution in [3.63, 3.8) is 0 Å². The van der Waals surface area contributed by atoms with E-state index in [9.17, 15) is 4.79 Å². The van der Waals surface area contributed by atoms with Gasteiger partial charge in [0.05, 0.1) is 0 Å². The van der Waals surface area contributed by atoms with Crippen LogP contribution in [0.4, 0.5) is 0 Å². The lowest BCUT2D eigenvalue weighted by atomic mass is 9.98. The Morgan fingerprint density at radius 1 is 1.80 bits per heavy atom. The topological polar surface area (TPSA) is 49.3 Å². The second kappa shape index (κ2) is 3.01. The molecule has 1 rings (SSSR count). The number of carboxylic acid groups (broad SMARTS) is 1. The van der Waals surface area contributed by atoms with Crippen LogP contribution in [0, 0.1) is 5.92 Å². The van der Waals surface area contributed by atoms with E-state index in [0.29, 0.717) is 5.92 Å². The molecular weight excluding hydrogens is 130 g/mol. The fourth-order valence-corrected chi connectivity index (χ4v) is 1.49. The Labute approximate surface area is 60.4 Å². The normalized spacial score (nSPS) is 32.5.